The smallest absolute Gasteiger partial charge is 0.353 e. The summed E-state index contributed by atoms with van der Waals surface area (Å²) in [5.41, 5.74) is 1.84. The summed E-state index contributed by atoms with van der Waals surface area (Å²) >= 11 is 0. The molecule has 1 aromatic carbocycles. The summed E-state index contributed by atoms with van der Waals surface area (Å²) in [6.45, 7) is 8.29. The number of aromatic nitrogens is 2. The number of nitrogens with one attached hydrogen (secondary N) is 1. The van der Waals surface area contributed by atoms with Gasteiger partial charge >= 0.3 is 5.69 Å². The number of nitrogens with zero attached hydrogens (tertiary/aromatic N) is 4. The quantitative estimate of drug-likeness (QED) is 0.646. The summed E-state index contributed by atoms with van der Waals surface area (Å²) < 4.78 is 0. The van der Waals surface area contributed by atoms with Gasteiger partial charge in [-0.15, -0.1) is 0 Å². The molecule has 0 atom stereocenters. The van der Waals surface area contributed by atoms with Crippen LogP contribution >= 0.6 is 0 Å². The Bertz CT molecular complexity index is 703. The van der Waals surface area contributed by atoms with Gasteiger partial charge in [0, 0.05) is 18.3 Å². The molecule has 0 aliphatic rings. The molecular formula is C16H21N5O2. The molecule has 0 saturated heterocycles. The third-order valence-corrected chi connectivity index (χ3v) is 3.30. The van der Waals surface area contributed by atoms with Crippen molar-refractivity contribution in [3.63, 3.8) is 0 Å². The monoisotopic (exact) mass is 315 g/mol. The van der Waals surface area contributed by atoms with E-state index in [0.29, 0.717) is 12.4 Å². The number of nitro groups is 1. The number of rotatable bonds is 6. The SMILES string of the molecule is CCN(c1cccc(C)c1)c1ncnc(NC(C)C)c1[N+](=O)[O-]. The normalized spacial score (nSPS) is 10.7. The second-order valence-corrected chi connectivity index (χ2v) is 5.53. The van der Waals surface area contributed by atoms with Gasteiger partial charge in [-0.3, -0.25) is 10.1 Å². The standard InChI is InChI=1S/C16H21N5O2/c1-5-20(13-8-6-7-12(4)9-13)16-14(21(22)23)15(17-10-18-16)19-11(2)3/h6-11H,5H2,1-4H3,(H,17,18,19). The molecule has 0 bridgehead atoms. The van der Waals surface area contributed by atoms with Gasteiger partial charge in [0.15, 0.2) is 0 Å². The summed E-state index contributed by atoms with van der Waals surface area (Å²) in [5, 5.41) is 14.6. The van der Waals surface area contributed by atoms with Gasteiger partial charge in [-0.1, -0.05) is 12.1 Å². The van der Waals surface area contributed by atoms with Crippen molar-refractivity contribution in [3.8, 4) is 0 Å². The van der Waals surface area contributed by atoms with Gasteiger partial charge in [0.25, 0.3) is 0 Å². The minimum atomic E-state index is -0.432. The van der Waals surface area contributed by atoms with E-state index < -0.39 is 4.92 Å². The van der Waals surface area contributed by atoms with E-state index in [9.17, 15) is 10.1 Å². The van der Waals surface area contributed by atoms with E-state index >= 15 is 0 Å². The molecule has 0 fully saturated rings. The Morgan fingerprint density at radius 1 is 1.35 bits per heavy atom. The van der Waals surface area contributed by atoms with E-state index in [1.165, 1.54) is 6.33 Å². The van der Waals surface area contributed by atoms with Crippen LogP contribution in [0.5, 0.6) is 0 Å². The van der Waals surface area contributed by atoms with Gasteiger partial charge in [0.1, 0.15) is 6.33 Å². The average molecular weight is 315 g/mol. The second-order valence-electron chi connectivity index (χ2n) is 5.53. The highest BCUT2D eigenvalue weighted by Crippen LogP contribution is 2.36. The van der Waals surface area contributed by atoms with Crippen LogP contribution in [0.1, 0.15) is 26.3 Å². The molecule has 1 N–H and O–H groups in total. The summed E-state index contributed by atoms with van der Waals surface area (Å²) in [7, 11) is 0. The fourth-order valence-electron chi connectivity index (χ4n) is 2.36. The van der Waals surface area contributed by atoms with Gasteiger partial charge < -0.3 is 10.2 Å². The molecule has 23 heavy (non-hydrogen) atoms. The Hall–Kier alpha value is -2.70. The number of benzene rings is 1. The topological polar surface area (TPSA) is 84.2 Å². The lowest BCUT2D eigenvalue weighted by Crippen LogP contribution is -2.21. The highest BCUT2D eigenvalue weighted by Gasteiger charge is 2.27. The minimum Gasteiger partial charge on any atom is -0.362 e. The number of aryl methyl sites for hydroxylation is 1. The van der Waals surface area contributed by atoms with Crippen LogP contribution in [-0.4, -0.2) is 27.5 Å². The van der Waals surface area contributed by atoms with Crippen LogP contribution in [0.15, 0.2) is 30.6 Å². The van der Waals surface area contributed by atoms with Crippen LogP contribution in [0.2, 0.25) is 0 Å². The van der Waals surface area contributed by atoms with E-state index in [2.05, 4.69) is 15.3 Å². The minimum absolute atomic E-state index is 0.0329. The van der Waals surface area contributed by atoms with Gasteiger partial charge in [-0.2, -0.15) is 0 Å². The summed E-state index contributed by atoms with van der Waals surface area (Å²) in [6, 6.07) is 7.83. The molecule has 0 unspecified atom stereocenters. The van der Waals surface area contributed by atoms with Crippen LogP contribution < -0.4 is 10.2 Å². The zero-order valence-electron chi connectivity index (χ0n) is 13.8. The van der Waals surface area contributed by atoms with E-state index in [1.54, 1.807) is 0 Å². The lowest BCUT2D eigenvalue weighted by atomic mass is 10.2. The molecule has 0 aliphatic heterocycles. The van der Waals surface area contributed by atoms with Gasteiger partial charge in [-0.05, 0) is 45.4 Å². The van der Waals surface area contributed by atoms with Crippen molar-refractivity contribution in [2.24, 2.45) is 0 Å². The van der Waals surface area contributed by atoms with E-state index in [-0.39, 0.29) is 17.5 Å². The van der Waals surface area contributed by atoms with Gasteiger partial charge in [0.05, 0.1) is 4.92 Å². The maximum Gasteiger partial charge on any atom is 0.353 e. The van der Waals surface area contributed by atoms with Crippen molar-refractivity contribution in [3.05, 3.63) is 46.3 Å². The molecule has 1 aromatic heterocycles. The first-order valence-electron chi connectivity index (χ1n) is 7.54. The fraction of sp³-hybridized carbons (Fsp3) is 0.375. The van der Waals surface area contributed by atoms with Crippen molar-refractivity contribution in [1.82, 2.24) is 9.97 Å². The summed E-state index contributed by atoms with van der Waals surface area (Å²) in [6.07, 6.45) is 1.35. The fourth-order valence-corrected chi connectivity index (χ4v) is 2.36. The second kappa shape index (κ2) is 7.04. The van der Waals surface area contributed by atoms with Crippen molar-refractivity contribution >= 4 is 23.0 Å². The molecule has 2 rings (SSSR count). The zero-order chi connectivity index (χ0) is 17.0. The molecule has 7 heteroatoms. The molecule has 0 spiro atoms. The van der Waals surface area contributed by atoms with Gasteiger partial charge in [0.2, 0.25) is 11.6 Å². The molecule has 7 nitrogen and oxygen atoms in total. The van der Waals surface area contributed by atoms with E-state index in [1.807, 2.05) is 56.9 Å². The van der Waals surface area contributed by atoms with Crippen LogP contribution in [0, 0.1) is 17.0 Å². The largest absolute Gasteiger partial charge is 0.362 e. The third kappa shape index (κ3) is 3.74. The van der Waals surface area contributed by atoms with Crippen LogP contribution in [-0.2, 0) is 0 Å². The van der Waals surface area contributed by atoms with Crippen LogP contribution in [0.4, 0.5) is 23.0 Å². The maximum absolute atomic E-state index is 11.6. The van der Waals surface area contributed by atoms with Crippen LogP contribution in [0.3, 0.4) is 0 Å². The lowest BCUT2D eigenvalue weighted by Gasteiger charge is -2.23. The molecule has 0 aliphatic carbocycles. The number of hydrogen-bond donors (Lipinski definition) is 1. The maximum atomic E-state index is 11.6. The van der Waals surface area contributed by atoms with Crippen molar-refractivity contribution in [2.75, 3.05) is 16.8 Å². The van der Waals surface area contributed by atoms with Gasteiger partial charge in [-0.25, -0.2) is 9.97 Å². The molecule has 2 aromatic rings. The predicted molar refractivity (Wildman–Crippen MR) is 91.3 cm³/mol. The predicted octanol–water partition coefficient (Wildman–Crippen LogP) is 3.67. The molecule has 0 radical (unpaired) electrons. The first kappa shape index (κ1) is 16.7. The zero-order valence-corrected chi connectivity index (χ0v) is 13.8. The third-order valence-electron chi connectivity index (χ3n) is 3.30. The van der Waals surface area contributed by atoms with E-state index in [4.69, 9.17) is 0 Å². The molecule has 0 saturated carbocycles. The average Bonchev–Trinajstić information content (AvgIpc) is 2.47. The highest BCUT2D eigenvalue weighted by atomic mass is 16.6. The number of anilines is 3. The Morgan fingerprint density at radius 3 is 2.65 bits per heavy atom. The Kier molecular flexibility index (Phi) is 5.10. The van der Waals surface area contributed by atoms with Crippen molar-refractivity contribution in [1.29, 1.82) is 0 Å². The number of hydrogen-bond acceptors (Lipinski definition) is 6. The lowest BCUT2D eigenvalue weighted by molar-refractivity contribution is -0.383. The molecule has 0 amide bonds. The Balaban J connectivity index is 2.58. The van der Waals surface area contributed by atoms with Crippen molar-refractivity contribution < 1.29 is 4.92 Å². The summed E-state index contributed by atoms with van der Waals surface area (Å²) in [4.78, 5) is 21.2. The highest BCUT2D eigenvalue weighted by molar-refractivity contribution is 5.75. The first-order valence-corrected chi connectivity index (χ1v) is 7.54. The Morgan fingerprint density at radius 2 is 2.09 bits per heavy atom. The Labute approximate surface area is 135 Å². The molecule has 1 heterocycles. The van der Waals surface area contributed by atoms with E-state index in [0.717, 1.165) is 11.3 Å². The van der Waals surface area contributed by atoms with Crippen LogP contribution in [0.25, 0.3) is 0 Å². The molecule has 122 valence electrons. The molecular weight excluding hydrogens is 294 g/mol. The first-order chi connectivity index (χ1) is 10.9. The van der Waals surface area contributed by atoms with Crippen molar-refractivity contribution in [2.45, 2.75) is 33.7 Å². The summed E-state index contributed by atoms with van der Waals surface area (Å²) in [5.74, 6) is 0.530.